The SMILES string of the molecule is C.CCC1[C@@H](COP(=O)(O)OCC2CCCC2)O[C@@H](C)[C@H]1C.C[C@@H]1O[C@H](C)C(OP(=O)(O)OCC2CCCC2)[C@@H]1C.[CH3-].[CH3-].[Fe+2]. The predicted molar refractivity (Wildman–Crippen MR) is 172 cm³/mol. The van der Waals surface area contributed by atoms with Gasteiger partial charge in [0.05, 0.1) is 44.2 Å². The molecule has 2 aliphatic heterocycles. The Morgan fingerprint density at radius 1 is 0.682 bits per heavy atom. The van der Waals surface area contributed by atoms with E-state index in [0.29, 0.717) is 36.9 Å². The quantitative estimate of drug-likeness (QED) is 0.115. The number of rotatable bonds is 12. The van der Waals surface area contributed by atoms with Gasteiger partial charge in [-0.25, -0.2) is 9.13 Å². The van der Waals surface area contributed by atoms with Gasteiger partial charge >= 0.3 is 32.7 Å². The van der Waals surface area contributed by atoms with E-state index in [1.54, 1.807) is 0 Å². The second kappa shape index (κ2) is 21.6. The van der Waals surface area contributed by atoms with Crippen molar-refractivity contribution in [1.29, 1.82) is 0 Å². The maximum Gasteiger partial charge on any atom is 2.00 e. The Morgan fingerprint density at radius 2 is 1.11 bits per heavy atom. The van der Waals surface area contributed by atoms with E-state index in [2.05, 4.69) is 13.8 Å². The molecule has 10 atom stereocenters. The van der Waals surface area contributed by atoms with Crippen LogP contribution in [-0.4, -0.2) is 60.1 Å². The smallest absolute Gasteiger partial charge is 0.372 e. The van der Waals surface area contributed by atoms with Crippen molar-refractivity contribution in [3.63, 3.8) is 0 Å². The number of hydrogen-bond acceptors (Lipinski definition) is 8. The fraction of sp³-hybridized carbons (Fsp3) is 0.935. The van der Waals surface area contributed by atoms with Gasteiger partial charge in [0, 0.05) is 5.92 Å². The van der Waals surface area contributed by atoms with Crippen molar-refractivity contribution in [2.24, 2.45) is 29.6 Å². The first-order valence-corrected chi connectivity index (χ1v) is 18.4. The van der Waals surface area contributed by atoms with Crippen LogP contribution in [-0.2, 0) is 53.8 Å². The van der Waals surface area contributed by atoms with Gasteiger partial charge < -0.3 is 34.1 Å². The fourth-order valence-corrected chi connectivity index (χ4v) is 8.48. The fourth-order valence-electron chi connectivity index (χ4n) is 6.54. The first-order chi connectivity index (χ1) is 18.8. The second-order valence-electron chi connectivity index (χ2n) is 12.4. The van der Waals surface area contributed by atoms with Crippen LogP contribution in [0.1, 0.15) is 107 Å². The molecule has 2 N–H and O–H groups in total. The third-order valence-corrected chi connectivity index (χ3v) is 11.4. The predicted octanol–water partition coefficient (Wildman–Crippen LogP) is 8.42. The van der Waals surface area contributed by atoms with E-state index in [1.807, 2.05) is 27.7 Å². The summed E-state index contributed by atoms with van der Waals surface area (Å²) in [6.45, 7) is 12.9. The summed E-state index contributed by atoms with van der Waals surface area (Å²) in [5, 5.41) is 0. The Hall–Kier alpha value is 0.659. The Morgan fingerprint density at radius 3 is 1.55 bits per heavy atom. The van der Waals surface area contributed by atoms with Crippen molar-refractivity contribution < 1.29 is 63.6 Å². The molecule has 13 heteroatoms. The average molecular weight is 715 g/mol. The van der Waals surface area contributed by atoms with Crippen LogP contribution in [0.5, 0.6) is 0 Å². The van der Waals surface area contributed by atoms with Crippen molar-refractivity contribution in [2.75, 3.05) is 19.8 Å². The van der Waals surface area contributed by atoms with Crippen molar-refractivity contribution in [2.45, 2.75) is 137 Å². The van der Waals surface area contributed by atoms with Gasteiger partial charge in [-0.1, -0.05) is 60.3 Å². The normalized spacial score (nSPS) is 34.7. The Balaban J connectivity index is 0. The van der Waals surface area contributed by atoms with Crippen LogP contribution in [0, 0.1) is 44.4 Å². The third-order valence-electron chi connectivity index (χ3n) is 9.46. The average Bonchev–Trinajstić information content (AvgIpc) is 3.69. The van der Waals surface area contributed by atoms with E-state index in [4.69, 9.17) is 27.6 Å². The summed E-state index contributed by atoms with van der Waals surface area (Å²) in [5.74, 6) is 1.71. The second-order valence-corrected chi connectivity index (χ2v) is 15.3. The molecular formula is C31H64FeO10P2. The van der Waals surface area contributed by atoms with E-state index in [0.717, 1.165) is 32.1 Å². The van der Waals surface area contributed by atoms with E-state index < -0.39 is 15.6 Å². The Labute approximate surface area is 280 Å². The summed E-state index contributed by atoms with van der Waals surface area (Å²) in [6, 6.07) is 0. The van der Waals surface area contributed by atoms with Crippen LogP contribution in [0.15, 0.2) is 0 Å². The maximum absolute atomic E-state index is 12.0. The molecule has 0 spiro atoms. The van der Waals surface area contributed by atoms with Gasteiger partial charge in [0.1, 0.15) is 6.10 Å². The van der Waals surface area contributed by atoms with Crippen molar-refractivity contribution in [1.82, 2.24) is 0 Å². The molecule has 2 saturated carbocycles. The zero-order valence-electron chi connectivity index (χ0n) is 27.7. The molecule has 0 aromatic rings. The Bertz CT molecular complexity index is 855. The summed E-state index contributed by atoms with van der Waals surface area (Å²) in [6.07, 6.45) is 9.59. The molecule has 44 heavy (non-hydrogen) atoms. The molecule has 2 aliphatic carbocycles. The zero-order chi connectivity index (χ0) is 29.5. The number of hydrogen-bond donors (Lipinski definition) is 2. The molecule has 10 nitrogen and oxygen atoms in total. The van der Waals surface area contributed by atoms with Gasteiger partial charge in [-0.3, -0.25) is 18.1 Å². The largest absolute Gasteiger partial charge is 2.00 e. The van der Waals surface area contributed by atoms with Crippen LogP contribution in [0.4, 0.5) is 0 Å². The minimum atomic E-state index is -3.98. The van der Waals surface area contributed by atoms with Gasteiger partial charge in [-0.05, 0) is 70.1 Å². The number of ether oxygens (including phenoxy) is 2. The maximum atomic E-state index is 12.0. The monoisotopic (exact) mass is 714 g/mol. The number of phosphoric acid groups is 2. The molecule has 4 unspecified atom stereocenters. The standard InChI is InChI=1S/C15H29O5P.C13H25O5P.CH4.2CH3.Fe/c1-4-14-11(2)12(3)20-15(14)10-19-21(16,17)18-9-13-7-5-6-8-13;1-9-10(2)17-11(3)13(9)18-19(14,15)16-8-12-6-4-5-7-12;;;;/h11-15H,4-10H2,1-3H3,(H,16,17);9-13H,4-8H2,1-3H3,(H,14,15);1H4;2*1H3;/q;;;2*-1;+2/t11-,12+,14?,15-;9-,10+,11-,13?;;;;/m11..../s1. The first kappa shape index (κ1) is 46.8. The topological polar surface area (TPSA) is 130 Å². The van der Waals surface area contributed by atoms with E-state index in [9.17, 15) is 18.9 Å². The van der Waals surface area contributed by atoms with Crippen molar-refractivity contribution in [3.05, 3.63) is 14.9 Å². The summed E-state index contributed by atoms with van der Waals surface area (Å²) < 4.78 is 56.1. The van der Waals surface area contributed by atoms with E-state index >= 15 is 0 Å². The molecule has 4 rings (SSSR count). The molecule has 266 valence electrons. The minimum Gasteiger partial charge on any atom is -0.372 e. The van der Waals surface area contributed by atoms with Gasteiger partial charge in [0.15, 0.2) is 0 Å². The van der Waals surface area contributed by atoms with Crippen LogP contribution in [0.2, 0.25) is 0 Å². The Kier molecular flexibility index (Phi) is 23.0. The van der Waals surface area contributed by atoms with Gasteiger partial charge in [0.25, 0.3) is 0 Å². The summed E-state index contributed by atoms with van der Waals surface area (Å²) in [7, 11) is -7.93. The zero-order valence-corrected chi connectivity index (χ0v) is 30.6. The first-order valence-electron chi connectivity index (χ1n) is 15.4. The van der Waals surface area contributed by atoms with Gasteiger partial charge in [0.2, 0.25) is 0 Å². The van der Waals surface area contributed by atoms with Crippen LogP contribution in [0.3, 0.4) is 0 Å². The molecule has 0 aromatic carbocycles. The van der Waals surface area contributed by atoms with E-state index in [-0.39, 0.29) is 82.4 Å². The molecule has 0 radical (unpaired) electrons. The van der Waals surface area contributed by atoms with Gasteiger partial charge in [-0.2, -0.15) is 0 Å². The van der Waals surface area contributed by atoms with E-state index in [1.165, 1.54) is 25.7 Å². The van der Waals surface area contributed by atoms with Gasteiger partial charge in [-0.15, -0.1) is 0 Å². The third kappa shape index (κ3) is 14.4. The molecule has 2 heterocycles. The van der Waals surface area contributed by atoms with Crippen molar-refractivity contribution in [3.8, 4) is 0 Å². The summed E-state index contributed by atoms with van der Waals surface area (Å²) >= 11 is 0. The summed E-state index contributed by atoms with van der Waals surface area (Å²) in [4.78, 5) is 19.6. The molecule has 0 bridgehead atoms. The minimum absolute atomic E-state index is 0. The molecule has 0 aromatic heterocycles. The molecule has 4 aliphatic rings. The van der Waals surface area contributed by atoms with Crippen LogP contribution >= 0.6 is 15.6 Å². The molecule has 2 saturated heterocycles. The van der Waals surface area contributed by atoms with Crippen LogP contribution < -0.4 is 0 Å². The molecule has 4 fully saturated rings. The molecular weight excluding hydrogens is 650 g/mol. The van der Waals surface area contributed by atoms with Crippen molar-refractivity contribution >= 4 is 15.6 Å². The number of phosphoric ester groups is 2. The van der Waals surface area contributed by atoms with Crippen LogP contribution in [0.25, 0.3) is 0 Å². The summed E-state index contributed by atoms with van der Waals surface area (Å²) in [5.41, 5.74) is 0. The molecule has 0 amide bonds.